The van der Waals surface area contributed by atoms with Crippen molar-refractivity contribution in [3.63, 3.8) is 0 Å². The van der Waals surface area contributed by atoms with Crippen LogP contribution < -0.4 is 0 Å². The number of rotatable bonds is 1. The fourth-order valence-electron chi connectivity index (χ4n) is 0.868. The van der Waals surface area contributed by atoms with Crippen LogP contribution >= 0.6 is 0 Å². The van der Waals surface area contributed by atoms with Gasteiger partial charge >= 0.3 is 0 Å². The number of allylic oxidation sites excluding steroid dienone is 5. The van der Waals surface area contributed by atoms with Crippen molar-refractivity contribution in [1.29, 1.82) is 0 Å². The normalized spacial score (nSPS) is 16.0. The molecule has 0 radical (unpaired) electrons. The Hall–Kier alpha value is -1.42. The fraction of sp³-hybridized carbons (Fsp3) is 0.200. The Morgan fingerprint density at radius 1 is 1.45 bits per heavy atom. The van der Waals surface area contributed by atoms with Gasteiger partial charge in [-0.2, -0.15) is 0 Å². The molecule has 1 aliphatic carbocycles. The molecule has 0 atom stereocenters. The molecule has 0 saturated carbocycles. The van der Waals surface area contributed by atoms with Gasteiger partial charge in [-0.25, -0.2) is 0 Å². The molecule has 0 aromatic carbocycles. The first kappa shape index (κ1) is 7.68. The molecule has 0 bridgehead atoms. The lowest BCUT2D eigenvalue weighted by molar-refractivity contribution is 0.306. The topological polar surface area (TPSA) is 9.23 Å². The zero-order chi connectivity index (χ0) is 8.10. The highest BCUT2D eigenvalue weighted by Crippen LogP contribution is 2.09. The number of terminal acetylenes is 1. The summed E-state index contributed by atoms with van der Waals surface area (Å²) in [5.41, 5.74) is 0.910. The maximum absolute atomic E-state index is 5.23. The van der Waals surface area contributed by atoms with Gasteiger partial charge in [-0.15, -0.1) is 6.42 Å². The number of hydrogen-bond acceptors (Lipinski definition) is 1. The van der Waals surface area contributed by atoms with Gasteiger partial charge in [-0.05, 0) is 24.6 Å². The van der Waals surface area contributed by atoms with Crippen LogP contribution in [0.25, 0.3) is 0 Å². The third kappa shape index (κ3) is 2.01. The summed E-state index contributed by atoms with van der Waals surface area (Å²) in [6.45, 7) is 0. The first-order chi connectivity index (χ1) is 5.36. The van der Waals surface area contributed by atoms with Gasteiger partial charge in [0.15, 0.2) is 0 Å². The maximum atomic E-state index is 5.23. The molecule has 56 valence electrons. The minimum atomic E-state index is 0.843. The zero-order valence-electron chi connectivity index (χ0n) is 6.50. The van der Waals surface area contributed by atoms with Crippen LogP contribution in [0.3, 0.4) is 0 Å². The average Bonchev–Trinajstić information content (AvgIpc) is 2.28. The third-order valence-corrected chi connectivity index (χ3v) is 1.49. The molecular weight excluding hydrogens is 136 g/mol. The van der Waals surface area contributed by atoms with Gasteiger partial charge in [-0.3, -0.25) is 0 Å². The van der Waals surface area contributed by atoms with Crippen molar-refractivity contribution >= 4 is 0 Å². The van der Waals surface area contributed by atoms with Gasteiger partial charge in [0.25, 0.3) is 0 Å². The molecule has 0 aliphatic heterocycles. The van der Waals surface area contributed by atoms with Crippen molar-refractivity contribution in [2.24, 2.45) is 0 Å². The van der Waals surface area contributed by atoms with Crippen LogP contribution in [-0.2, 0) is 4.74 Å². The molecule has 0 unspecified atom stereocenters. The summed E-state index contributed by atoms with van der Waals surface area (Å²) in [6, 6.07) is 0. The molecule has 0 aromatic heterocycles. The lowest BCUT2D eigenvalue weighted by Crippen LogP contribution is -1.78. The lowest BCUT2D eigenvalue weighted by atomic mass is 10.2. The van der Waals surface area contributed by atoms with Crippen LogP contribution in [0.2, 0.25) is 0 Å². The van der Waals surface area contributed by atoms with Crippen LogP contribution in [-0.4, -0.2) is 7.11 Å². The van der Waals surface area contributed by atoms with Gasteiger partial charge in [0.2, 0.25) is 0 Å². The fourth-order valence-corrected chi connectivity index (χ4v) is 0.868. The minimum absolute atomic E-state index is 0.843. The molecule has 0 fully saturated rings. The Morgan fingerprint density at radius 3 is 2.91 bits per heavy atom. The number of methoxy groups -OCH3 is 1. The van der Waals surface area contributed by atoms with E-state index in [-0.39, 0.29) is 0 Å². The molecule has 0 saturated heterocycles. The van der Waals surface area contributed by atoms with Crippen molar-refractivity contribution in [3.8, 4) is 12.3 Å². The second kappa shape index (κ2) is 3.68. The quantitative estimate of drug-likeness (QED) is 0.514. The van der Waals surface area contributed by atoms with Gasteiger partial charge < -0.3 is 4.74 Å². The van der Waals surface area contributed by atoms with E-state index in [9.17, 15) is 0 Å². The number of ether oxygens (including phenoxy) is 1. The Kier molecular flexibility index (Phi) is 2.57. The van der Waals surface area contributed by atoms with Crippen LogP contribution in [0.1, 0.15) is 6.42 Å². The Labute approximate surface area is 67.1 Å². The van der Waals surface area contributed by atoms with Crippen molar-refractivity contribution in [3.05, 3.63) is 35.6 Å². The van der Waals surface area contributed by atoms with Gasteiger partial charge in [0, 0.05) is 5.57 Å². The van der Waals surface area contributed by atoms with Crippen molar-refractivity contribution in [1.82, 2.24) is 0 Å². The first-order valence-corrected chi connectivity index (χ1v) is 3.46. The van der Waals surface area contributed by atoms with E-state index in [4.69, 9.17) is 11.2 Å². The van der Waals surface area contributed by atoms with E-state index >= 15 is 0 Å². The molecule has 1 nitrogen and oxygen atoms in total. The minimum Gasteiger partial charge on any atom is -0.497 e. The van der Waals surface area contributed by atoms with Gasteiger partial charge in [0.1, 0.15) is 5.76 Å². The molecule has 1 heteroatoms. The smallest absolute Gasteiger partial charge is 0.115 e. The average molecular weight is 146 g/mol. The molecule has 0 amide bonds. The zero-order valence-corrected chi connectivity index (χ0v) is 6.50. The lowest BCUT2D eigenvalue weighted by Gasteiger charge is -1.95. The molecule has 11 heavy (non-hydrogen) atoms. The third-order valence-electron chi connectivity index (χ3n) is 1.49. The summed E-state index contributed by atoms with van der Waals surface area (Å²) in [5.74, 6) is 3.44. The molecule has 0 heterocycles. The Morgan fingerprint density at radius 2 is 2.27 bits per heavy atom. The first-order valence-electron chi connectivity index (χ1n) is 3.46. The summed E-state index contributed by atoms with van der Waals surface area (Å²) in [7, 11) is 1.65. The van der Waals surface area contributed by atoms with E-state index in [0.29, 0.717) is 0 Å². The van der Waals surface area contributed by atoms with E-state index in [0.717, 1.165) is 17.8 Å². The second-order valence-electron chi connectivity index (χ2n) is 2.18. The highest BCUT2D eigenvalue weighted by atomic mass is 16.5. The Bertz CT molecular complexity index is 261. The van der Waals surface area contributed by atoms with Gasteiger partial charge in [0.05, 0.1) is 7.11 Å². The molecule has 0 N–H and O–H groups in total. The largest absolute Gasteiger partial charge is 0.497 e. The number of hydrogen-bond donors (Lipinski definition) is 0. The molecule has 1 aliphatic rings. The SMILES string of the molecule is C#CC1=CCC=C(OC)C=C1. The molecular formula is C10H10O. The Balaban J connectivity index is 2.76. The summed E-state index contributed by atoms with van der Waals surface area (Å²) in [6.07, 6.45) is 13.8. The van der Waals surface area contributed by atoms with E-state index in [1.807, 2.05) is 24.3 Å². The monoisotopic (exact) mass is 146 g/mol. The highest BCUT2D eigenvalue weighted by Gasteiger charge is 1.94. The van der Waals surface area contributed by atoms with E-state index in [2.05, 4.69) is 5.92 Å². The van der Waals surface area contributed by atoms with E-state index in [1.54, 1.807) is 7.11 Å². The van der Waals surface area contributed by atoms with Crippen LogP contribution in [0.15, 0.2) is 35.6 Å². The standard InChI is InChI=1S/C10H10O/c1-3-9-5-4-6-10(11-2)8-7-9/h1,5-8H,4H2,2H3. The second-order valence-corrected chi connectivity index (χ2v) is 2.18. The predicted molar refractivity (Wildman–Crippen MR) is 45.8 cm³/mol. The van der Waals surface area contributed by atoms with Crippen molar-refractivity contribution in [2.45, 2.75) is 6.42 Å². The summed E-state index contributed by atoms with van der Waals surface area (Å²) >= 11 is 0. The van der Waals surface area contributed by atoms with E-state index in [1.165, 1.54) is 0 Å². The summed E-state index contributed by atoms with van der Waals surface area (Å²) < 4.78 is 5.04. The van der Waals surface area contributed by atoms with Crippen LogP contribution in [0, 0.1) is 12.3 Å². The summed E-state index contributed by atoms with van der Waals surface area (Å²) in [5, 5.41) is 0. The van der Waals surface area contributed by atoms with Crippen LogP contribution in [0.5, 0.6) is 0 Å². The molecule has 1 rings (SSSR count). The molecule has 0 spiro atoms. The van der Waals surface area contributed by atoms with E-state index < -0.39 is 0 Å². The van der Waals surface area contributed by atoms with Crippen molar-refractivity contribution < 1.29 is 4.74 Å². The highest BCUT2D eigenvalue weighted by molar-refractivity contribution is 5.40. The predicted octanol–water partition coefficient (Wildman–Crippen LogP) is 2.04. The van der Waals surface area contributed by atoms with Crippen molar-refractivity contribution in [2.75, 3.05) is 7.11 Å². The van der Waals surface area contributed by atoms with Gasteiger partial charge in [-0.1, -0.05) is 12.0 Å². The summed E-state index contributed by atoms with van der Waals surface area (Å²) in [4.78, 5) is 0. The van der Waals surface area contributed by atoms with Crippen LogP contribution in [0.4, 0.5) is 0 Å². The maximum Gasteiger partial charge on any atom is 0.115 e. The molecule has 0 aromatic rings.